The van der Waals surface area contributed by atoms with Crippen molar-refractivity contribution >= 4 is 17.9 Å². The topological polar surface area (TPSA) is 151 Å². The molecule has 0 aliphatic heterocycles. The molecule has 3 atom stereocenters. The third-order valence-corrected chi connectivity index (χ3v) is 14.1. The van der Waals surface area contributed by atoms with Crippen LogP contribution >= 0.6 is 0 Å². The summed E-state index contributed by atoms with van der Waals surface area (Å²) < 4.78 is 27.1. The Labute approximate surface area is 417 Å². The van der Waals surface area contributed by atoms with Gasteiger partial charge in [-0.05, 0) is 173 Å². The monoisotopic (exact) mass is 957 g/mol. The van der Waals surface area contributed by atoms with Gasteiger partial charge in [0.05, 0.1) is 74.7 Å². The van der Waals surface area contributed by atoms with Gasteiger partial charge in [0, 0.05) is 13.1 Å². The molecule has 70 heavy (non-hydrogen) atoms. The van der Waals surface area contributed by atoms with Crippen LogP contribution in [0.3, 0.4) is 0 Å². The minimum absolute atomic E-state index is 0.0969. The zero-order valence-electron chi connectivity index (χ0n) is 43.6. The summed E-state index contributed by atoms with van der Waals surface area (Å²) in [6.45, 7) is 13.6. The van der Waals surface area contributed by atoms with Gasteiger partial charge in [-0.2, -0.15) is 10.5 Å². The molecule has 0 spiro atoms. The molecule has 4 aromatic carbocycles. The number of hydrogen-bond acceptors (Lipinski definition) is 12. The maximum absolute atomic E-state index is 13.6. The van der Waals surface area contributed by atoms with E-state index in [0.717, 1.165) is 91.7 Å². The highest BCUT2D eigenvalue weighted by atomic mass is 16.5. The summed E-state index contributed by atoms with van der Waals surface area (Å²) in [6, 6.07) is 30.2. The Morgan fingerprint density at radius 3 is 1.71 bits per heavy atom. The molecule has 0 saturated heterocycles. The van der Waals surface area contributed by atoms with E-state index in [0.29, 0.717) is 60.5 Å². The third kappa shape index (κ3) is 14.4. The van der Waals surface area contributed by atoms with Gasteiger partial charge in [0.15, 0.2) is 11.5 Å². The van der Waals surface area contributed by atoms with E-state index in [-0.39, 0.29) is 23.8 Å². The molecule has 0 aliphatic rings. The van der Waals surface area contributed by atoms with Crippen molar-refractivity contribution in [2.24, 2.45) is 11.8 Å². The highest BCUT2D eigenvalue weighted by molar-refractivity contribution is 5.92. The van der Waals surface area contributed by atoms with Crippen LogP contribution in [0.2, 0.25) is 0 Å². The summed E-state index contributed by atoms with van der Waals surface area (Å²) in [7, 11) is 10.1. The van der Waals surface area contributed by atoms with Crippen LogP contribution in [0.15, 0.2) is 78.9 Å². The molecular formula is C58H76N4O8. The number of unbranched alkanes of at least 4 members (excludes halogenated alkanes) is 1. The molecule has 0 radical (unpaired) electrons. The van der Waals surface area contributed by atoms with Gasteiger partial charge in [0.1, 0.15) is 0 Å². The standard InChI is InChI=1S/C58H76N4O8/c1-12-13-32-70-55(64)47-21-15-19-45(35-47)25-31-62(7)29-17-27-58(40-60,49-22-23-52(66-8)53(38-49)67-9)42(4)33-48-36-50(37-51(43(48)5)56(65)69-11)57(39-59,41(2)3)26-16-28-61(6)30-24-44-18-14-20-46(34-44)54(63)68-10/h14-15,18-23,34-38,41-42H,12-13,16-17,24-33H2,1-11H3. The second-order valence-corrected chi connectivity index (χ2v) is 19.0. The second-order valence-electron chi connectivity index (χ2n) is 19.0. The van der Waals surface area contributed by atoms with Crippen LogP contribution in [-0.4, -0.2) is 103 Å². The summed E-state index contributed by atoms with van der Waals surface area (Å²) in [5.74, 6) is -0.417. The van der Waals surface area contributed by atoms with Crippen molar-refractivity contribution < 1.29 is 38.1 Å². The maximum atomic E-state index is 13.6. The molecule has 3 unspecified atom stereocenters. The van der Waals surface area contributed by atoms with Crippen molar-refractivity contribution in [2.45, 2.75) is 103 Å². The molecule has 0 aliphatic carbocycles. The van der Waals surface area contributed by atoms with Gasteiger partial charge in [0.25, 0.3) is 0 Å². The molecule has 0 saturated carbocycles. The Morgan fingerprint density at radius 2 is 1.20 bits per heavy atom. The lowest BCUT2D eigenvalue weighted by Crippen LogP contribution is -2.36. The number of nitriles is 2. The van der Waals surface area contributed by atoms with E-state index in [1.165, 1.54) is 14.2 Å². The molecule has 0 amide bonds. The van der Waals surface area contributed by atoms with E-state index in [1.807, 2.05) is 67.6 Å². The summed E-state index contributed by atoms with van der Waals surface area (Å²) >= 11 is 0. The zero-order chi connectivity index (χ0) is 51.4. The normalized spacial score (nSPS) is 13.4. The van der Waals surface area contributed by atoms with Crippen molar-refractivity contribution in [3.8, 4) is 23.6 Å². The van der Waals surface area contributed by atoms with E-state index >= 15 is 0 Å². The second kappa shape index (κ2) is 27.3. The molecule has 4 rings (SSSR count). The van der Waals surface area contributed by atoms with Crippen LogP contribution in [0.4, 0.5) is 0 Å². The van der Waals surface area contributed by atoms with Crippen LogP contribution in [-0.2, 0) is 44.3 Å². The molecular weight excluding hydrogens is 881 g/mol. The highest BCUT2D eigenvalue weighted by Gasteiger charge is 2.41. The fourth-order valence-corrected chi connectivity index (χ4v) is 9.44. The van der Waals surface area contributed by atoms with Gasteiger partial charge < -0.3 is 33.5 Å². The minimum atomic E-state index is -0.990. The molecule has 0 fully saturated rings. The number of rotatable bonds is 28. The van der Waals surface area contributed by atoms with Crippen molar-refractivity contribution in [3.05, 3.63) is 129 Å². The summed E-state index contributed by atoms with van der Waals surface area (Å²) in [5, 5.41) is 22.6. The number of methoxy groups -OCH3 is 4. The predicted molar refractivity (Wildman–Crippen MR) is 275 cm³/mol. The highest BCUT2D eigenvalue weighted by Crippen LogP contribution is 2.44. The van der Waals surface area contributed by atoms with Gasteiger partial charge in [-0.3, -0.25) is 0 Å². The molecule has 0 aromatic heterocycles. The van der Waals surface area contributed by atoms with Gasteiger partial charge in [-0.1, -0.05) is 70.5 Å². The van der Waals surface area contributed by atoms with Crippen molar-refractivity contribution in [3.63, 3.8) is 0 Å². The Bertz CT molecular complexity index is 2460. The molecule has 0 heterocycles. The fraction of sp³-hybridized carbons (Fsp3) is 0.500. The Hall–Kier alpha value is -6.21. The molecule has 376 valence electrons. The maximum Gasteiger partial charge on any atom is 0.338 e. The van der Waals surface area contributed by atoms with Crippen LogP contribution in [0, 0.1) is 41.4 Å². The molecule has 0 N–H and O–H groups in total. The average molecular weight is 957 g/mol. The first kappa shape index (κ1) is 56.4. The minimum Gasteiger partial charge on any atom is -0.493 e. The lowest BCUT2D eigenvalue weighted by Gasteiger charge is -2.36. The van der Waals surface area contributed by atoms with E-state index in [9.17, 15) is 24.9 Å². The summed E-state index contributed by atoms with van der Waals surface area (Å²) in [4.78, 5) is 42.8. The van der Waals surface area contributed by atoms with E-state index in [4.69, 9.17) is 23.7 Å². The molecule has 12 nitrogen and oxygen atoms in total. The first-order valence-electron chi connectivity index (χ1n) is 24.6. The van der Waals surface area contributed by atoms with E-state index in [1.54, 1.807) is 26.4 Å². The fourth-order valence-electron chi connectivity index (χ4n) is 9.44. The number of ether oxygens (including phenoxy) is 5. The van der Waals surface area contributed by atoms with Gasteiger partial charge in [0.2, 0.25) is 0 Å². The molecule has 12 heteroatoms. The van der Waals surface area contributed by atoms with Gasteiger partial charge in [-0.25, -0.2) is 14.4 Å². The zero-order valence-corrected chi connectivity index (χ0v) is 43.6. The van der Waals surface area contributed by atoms with Crippen LogP contribution in [0.1, 0.15) is 131 Å². The predicted octanol–water partition coefficient (Wildman–Crippen LogP) is 10.5. The Morgan fingerprint density at radius 1 is 0.643 bits per heavy atom. The van der Waals surface area contributed by atoms with E-state index < -0.39 is 16.8 Å². The average Bonchev–Trinajstić information content (AvgIpc) is 3.37. The summed E-state index contributed by atoms with van der Waals surface area (Å²) in [5.41, 5.74) is 4.85. The SMILES string of the molecule is CCCCOC(=O)c1cccc(CCN(C)CCCC(C#N)(c2ccc(OC)c(OC)c2)C(C)Cc2cc(C(C#N)(CCCN(C)CCc3cccc(C(=O)OC)c3)C(C)C)cc(C(=O)OC)c2C)c1. The Balaban J connectivity index is 1.61. The van der Waals surface area contributed by atoms with Gasteiger partial charge >= 0.3 is 17.9 Å². The van der Waals surface area contributed by atoms with Crippen molar-refractivity contribution in [1.82, 2.24) is 9.80 Å². The lowest BCUT2D eigenvalue weighted by molar-refractivity contribution is 0.0498. The number of carbonyl (C=O) groups is 3. The first-order valence-corrected chi connectivity index (χ1v) is 24.6. The number of benzene rings is 4. The number of carbonyl (C=O) groups excluding carboxylic acids is 3. The van der Waals surface area contributed by atoms with Crippen LogP contribution in [0.25, 0.3) is 0 Å². The molecule has 4 aromatic rings. The van der Waals surface area contributed by atoms with Gasteiger partial charge in [-0.15, -0.1) is 0 Å². The van der Waals surface area contributed by atoms with Crippen LogP contribution in [0.5, 0.6) is 11.5 Å². The van der Waals surface area contributed by atoms with Crippen molar-refractivity contribution in [1.29, 1.82) is 10.5 Å². The number of likely N-dealkylation sites (N-methyl/N-ethyl adjacent to an activating group) is 2. The first-order chi connectivity index (χ1) is 33.6. The number of esters is 3. The van der Waals surface area contributed by atoms with E-state index in [2.05, 4.69) is 69.8 Å². The van der Waals surface area contributed by atoms with Crippen LogP contribution < -0.4 is 9.47 Å². The quantitative estimate of drug-likeness (QED) is 0.0303. The summed E-state index contributed by atoms with van der Waals surface area (Å²) in [6.07, 6.45) is 6.24. The number of nitrogens with zero attached hydrogens (tertiary/aromatic N) is 4. The largest absolute Gasteiger partial charge is 0.493 e. The Kier molecular flexibility index (Phi) is 21.9. The third-order valence-electron chi connectivity index (χ3n) is 14.1. The molecule has 0 bridgehead atoms. The smallest absolute Gasteiger partial charge is 0.338 e. The lowest BCUT2D eigenvalue weighted by atomic mass is 9.65. The number of hydrogen-bond donors (Lipinski definition) is 0. The van der Waals surface area contributed by atoms with Crippen molar-refractivity contribution in [2.75, 3.05) is 75.3 Å².